The molecule has 0 aromatic heterocycles. The van der Waals surface area contributed by atoms with Crippen LogP contribution in [-0.2, 0) is 4.74 Å². The number of aliphatic imine (C=N–C) groups is 1. The van der Waals surface area contributed by atoms with E-state index in [1.54, 1.807) is 6.08 Å². The Morgan fingerprint density at radius 3 is 2.77 bits per heavy atom. The molecule has 0 aliphatic carbocycles. The molecule has 1 atom stereocenters. The fourth-order valence-corrected chi connectivity index (χ4v) is 1.25. The number of hydrogen-bond acceptors (Lipinski definition) is 2. The zero-order valence-electron chi connectivity index (χ0n) is 7.31. The van der Waals surface area contributed by atoms with Crippen LogP contribution in [0.15, 0.2) is 48.0 Å². The minimum atomic E-state index is 0.121. The Bertz CT molecular complexity index is 329. The molecule has 66 valence electrons. The van der Waals surface area contributed by atoms with Crippen LogP contribution in [0.1, 0.15) is 5.56 Å². The predicted molar refractivity (Wildman–Crippen MR) is 52.9 cm³/mol. The van der Waals surface area contributed by atoms with E-state index in [-0.39, 0.29) is 6.04 Å². The van der Waals surface area contributed by atoms with E-state index in [4.69, 9.17) is 4.74 Å². The van der Waals surface area contributed by atoms with Crippen LogP contribution in [0.3, 0.4) is 0 Å². The molecule has 0 N–H and O–H groups in total. The topological polar surface area (TPSA) is 21.6 Å². The maximum Gasteiger partial charge on any atom is 0.216 e. The Morgan fingerprint density at radius 2 is 2.15 bits per heavy atom. The maximum atomic E-state index is 5.42. The summed E-state index contributed by atoms with van der Waals surface area (Å²) in [6.07, 6.45) is 1.80. The Labute approximate surface area is 77.6 Å². The molecular formula is C11H11NO. The van der Waals surface area contributed by atoms with Gasteiger partial charge in [0.25, 0.3) is 0 Å². The minimum Gasteiger partial charge on any atom is -0.475 e. The zero-order chi connectivity index (χ0) is 9.10. The summed E-state index contributed by atoms with van der Waals surface area (Å²) in [5.41, 5.74) is 1.03. The number of ether oxygens (including phenoxy) is 1. The van der Waals surface area contributed by atoms with Crippen LogP contribution in [0, 0.1) is 0 Å². The van der Waals surface area contributed by atoms with Crippen molar-refractivity contribution >= 4 is 5.90 Å². The average Bonchev–Trinajstić information content (AvgIpc) is 2.67. The van der Waals surface area contributed by atoms with Crippen LogP contribution >= 0.6 is 0 Å². The lowest BCUT2D eigenvalue weighted by atomic mass is 10.2. The van der Waals surface area contributed by atoms with E-state index in [9.17, 15) is 0 Å². The third-order valence-corrected chi connectivity index (χ3v) is 1.97. The van der Waals surface area contributed by atoms with Crippen LogP contribution in [-0.4, -0.2) is 18.5 Å². The molecule has 0 bridgehead atoms. The molecule has 0 amide bonds. The lowest BCUT2D eigenvalue weighted by molar-refractivity contribution is 0.332. The second-order valence-electron chi connectivity index (χ2n) is 2.91. The van der Waals surface area contributed by atoms with Crippen LogP contribution in [0.25, 0.3) is 0 Å². The lowest BCUT2D eigenvalue weighted by Crippen LogP contribution is -2.02. The van der Waals surface area contributed by atoms with Crippen molar-refractivity contribution in [1.29, 1.82) is 0 Å². The van der Waals surface area contributed by atoms with Gasteiger partial charge in [0.15, 0.2) is 0 Å². The van der Waals surface area contributed by atoms with E-state index >= 15 is 0 Å². The summed E-state index contributed by atoms with van der Waals surface area (Å²) in [6, 6.07) is 10.0. The molecule has 1 heterocycles. The van der Waals surface area contributed by atoms with Gasteiger partial charge in [-0.15, -0.1) is 6.58 Å². The van der Waals surface area contributed by atoms with Crippen molar-refractivity contribution in [3.05, 3.63) is 48.6 Å². The van der Waals surface area contributed by atoms with Crippen LogP contribution < -0.4 is 0 Å². The van der Waals surface area contributed by atoms with Crippen LogP contribution in [0.4, 0.5) is 0 Å². The van der Waals surface area contributed by atoms with Crippen molar-refractivity contribution in [1.82, 2.24) is 0 Å². The summed E-state index contributed by atoms with van der Waals surface area (Å²) < 4.78 is 5.42. The molecule has 1 aliphatic rings. The second kappa shape index (κ2) is 3.44. The van der Waals surface area contributed by atoms with Gasteiger partial charge in [-0.2, -0.15) is 0 Å². The lowest BCUT2D eigenvalue weighted by Gasteiger charge is -1.99. The monoisotopic (exact) mass is 173 g/mol. The van der Waals surface area contributed by atoms with Gasteiger partial charge in [0.05, 0.1) is 0 Å². The molecule has 1 aliphatic heterocycles. The van der Waals surface area contributed by atoms with Gasteiger partial charge in [0.2, 0.25) is 5.90 Å². The third kappa shape index (κ3) is 1.61. The molecule has 0 radical (unpaired) electrons. The molecule has 0 saturated carbocycles. The Kier molecular flexibility index (Phi) is 2.13. The van der Waals surface area contributed by atoms with Gasteiger partial charge in [-0.1, -0.05) is 24.3 Å². The van der Waals surface area contributed by atoms with Crippen molar-refractivity contribution in [3.8, 4) is 0 Å². The predicted octanol–water partition coefficient (Wildman–Crippen LogP) is 2.02. The minimum absolute atomic E-state index is 0.121. The number of hydrogen-bond donors (Lipinski definition) is 0. The van der Waals surface area contributed by atoms with Crippen LogP contribution in [0.2, 0.25) is 0 Å². The standard InChI is InChI=1S/C11H11NO/c1-2-10-8-13-11(12-10)9-6-4-3-5-7-9/h2-7,10H,1,8H2/t10-/m1/s1. The highest BCUT2D eigenvalue weighted by atomic mass is 16.5. The summed E-state index contributed by atoms with van der Waals surface area (Å²) in [4.78, 5) is 4.35. The zero-order valence-corrected chi connectivity index (χ0v) is 7.31. The number of nitrogens with zero attached hydrogens (tertiary/aromatic N) is 1. The van der Waals surface area contributed by atoms with E-state index in [0.717, 1.165) is 11.5 Å². The van der Waals surface area contributed by atoms with E-state index < -0.39 is 0 Å². The van der Waals surface area contributed by atoms with Gasteiger partial charge >= 0.3 is 0 Å². The fourth-order valence-electron chi connectivity index (χ4n) is 1.25. The summed E-state index contributed by atoms with van der Waals surface area (Å²) in [7, 11) is 0. The quantitative estimate of drug-likeness (QED) is 0.627. The third-order valence-electron chi connectivity index (χ3n) is 1.97. The molecule has 2 nitrogen and oxygen atoms in total. The van der Waals surface area contributed by atoms with Gasteiger partial charge in [0, 0.05) is 5.56 Å². The summed E-state index contributed by atoms with van der Waals surface area (Å²) >= 11 is 0. The molecule has 1 aromatic carbocycles. The van der Waals surface area contributed by atoms with Gasteiger partial charge in [0.1, 0.15) is 12.6 Å². The number of rotatable bonds is 2. The van der Waals surface area contributed by atoms with Gasteiger partial charge < -0.3 is 4.74 Å². The molecule has 0 saturated heterocycles. The van der Waals surface area contributed by atoms with E-state index in [1.807, 2.05) is 30.3 Å². The Morgan fingerprint density at radius 1 is 1.38 bits per heavy atom. The van der Waals surface area contributed by atoms with Crippen molar-refractivity contribution in [2.45, 2.75) is 6.04 Å². The Balaban J connectivity index is 2.24. The molecule has 2 heteroatoms. The summed E-state index contributed by atoms with van der Waals surface area (Å²) in [5, 5.41) is 0. The smallest absolute Gasteiger partial charge is 0.216 e. The van der Waals surface area contributed by atoms with E-state index in [2.05, 4.69) is 11.6 Å². The fraction of sp³-hybridized carbons (Fsp3) is 0.182. The van der Waals surface area contributed by atoms with Crippen molar-refractivity contribution in [3.63, 3.8) is 0 Å². The van der Waals surface area contributed by atoms with Crippen molar-refractivity contribution in [2.24, 2.45) is 4.99 Å². The molecule has 2 rings (SSSR count). The van der Waals surface area contributed by atoms with Crippen molar-refractivity contribution < 1.29 is 4.74 Å². The second-order valence-corrected chi connectivity index (χ2v) is 2.91. The first-order valence-corrected chi connectivity index (χ1v) is 4.29. The van der Waals surface area contributed by atoms with Crippen LogP contribution in [0.5, 0.6) is 0 Å². The van der Waals surface area contributed by atoms with Gasteiger partial charge in [-0.3, -0.25) is 0 Å². The van der Waals surface area contributed by atoms with Gasteiger partial charge in [-0.05, 0) is 12.1 Å². The summed E-state index contributed by atoms with van der Waals surface area (Å²) in [6.45, 7) is 4.30. The van der Waals surface area contributed by atoms with Crippen molar-refractivity contribution in [2.75, 3.05) is 6.61 Å². The van der Waals surface area contributed by atoms with E-state index in [0.29, 0.717) is 6.61 Å². The maximum absolute atomic E-state index is 5.42. The molecular weight excluding hydrogens is 162 g/mol. The first-order chi connectivity index (χ1) is 6.40. The summed E-state index contributed by atoms with van der Waals surface area (Å²) in [5.74, 6) is 0.727. The number of benzene rings is 1. The molecule has 1 aromatic rings. The first-order valence-electron chi connectivity index (χ1n) is 4.29. The Hall–Kier alpha value is -1.57. The molecule has 0 unspecified atom stereocenters. The molecule has 0 fully saturated rings. The van der Waals surface area contributed by atoms with E-state index in [1.165, 1.54) is 0 Å². The molecule has 13 heavy (non-hydrogen) atoms. The normalized spacial score (nSPS) is 20.6. The SMILES string of the molecule is C=C[C@@H]1COC(c2ccccc2)=N1. The highest BCUT2D eigenvalue weighted by molar-refractivity contribution is 5.95. The first kappa shape index (κ1) is 8.05. The molecule has 0 spiro atoms. The highest BCUT2D eigenvalue weighted by Crippen LogP contribution is 2.11. The van der Waals surface area contributed by atoms with Gasteiger partial charge in [-0.25, -0.2) is 4.99 Å². The largest absolute Gasteiger partial charge is 0.475 e. The average molecular weight is 173 g/mol. The highest BCUT2D eigenvalue weighted by Gasteiger charge is 2.16.